The van der Waals surface area contributed by atoms with Gasteiger partial charge in [0, 0.05) is 33.0 Å². The zero-order valence-electron chi connectivity index (χ0n) is 14.1. The standard InChI is InChI=1S/C21H14N4OS/c26-21(23-15-7-9-22-10-8-15)20-16-11-14(5-6-17(16)24-25-20)19-12-13-3-1-2-4-18(13)27-19/h1-12H,(H,24,25)(H,22,23,26). The molecular weight excluding hydrogens is 356 g/mol. The first kappa shape index (κ1) is 15.7. The van der Waals surface area contributed by atoms with Crippen molar-refractivity contribution in [1.29, 1.82) is 0 Å². The number of nitrogens with one attached hydrogen (secondary N) is 2. The van der Waals surface area contributed by atoms with Crippen LogP contribution in [0.3, 0.4) is 0 Å². The first-order valence-electron chi connectivity index (χ1n) is 8.46. The smallest absolute Gasteiger partial charge is 0.276 e. The summed E-state index contributed by atoms with van der Waals surface area (Å²) in [5.74, 6) is -0.249. The molecule has 2 N–H and O–H groups in total. The third kappa shape index (κ3) is 2.86. The summed E-state index contributed by atoms with van der Waals surface area (Å²) in [4.78, 5) is 17.8. The van der Waals surface area contributed by atoms with Crippen LogP contribution in [0.15, 0.2) is 73.1 Å². The molecule has 0 aliphatic rings. The zero-order chi connectivity index (χ0) is 18.2. The van der Waals surface area contributed by atoms with Crippen LogP contribution >= 0.6 is 11.3 Å². The molecule has 0 bridgehead atoms. The molecule has 0 unspecified atom stereocenters. The number of aromatic amines is 1. The van der Waals surface area contributed by atoms with Crippen molar-refractivity contribution in [2.24, 2.45) is 0 Å². The molecule has 0 saturated heterocycles. The van der Waals surface area contributed by atoms with Gasteiger partial charge in [-0.2, -0.15) is 5.10 Å². The fourth-order valence-corrected chi connectivity index (χ4v) is 4.15. The summed E-state index contributed by atoms with van der Waals surface area (Å²) in [6.45, 7) is 0. The highest BCUT2D eigenvalue weighted by Gasteiger charge is 2.15. The normalized spacial score (nSPS) is 11.1. The molecular formula is C21H14N4OS. The quantitative estimate of drug-likeness (QED) is 0.465. The van der Waals surface area contributed by atoms with Gasteiger partial charge in [0.25, 0.3) is 5.91 Å². The van der Waals surface area contributed by atoms with Gasteiger partial charge < -0.3 is 5.32 Å². The SMILES string of the molecule is O=C(Nc1ccncc1)c1n[nH]c2ccc(-c3cc4ccccc4s3)cc12. The molecule has 3 aromatic heterocycles. The number of H-pyrrole nitrogens is 1. The lowest BCUT2D eigenvalue weighted by atomic mass is 10.1. The van der Waals surface area contributed by atoms with Crippen molar-refractivity contribution in [1.82, 2.24) is 15.2 Å². The van der Waals surface area contributed by atoms with Gasteiger partial charge >= 0.3 is 0 Å². The van der Waals surface area contributed by atoms with Crippen molar-refractivity contribution in [3.05, 3.63) is 78.8 Å². The lowest BCUT2D eigenvalue weighted by molar-refractivity contribution is 0.102. The fraction of sp³-hybridized carbons (Fsp3) is 0. The number of rotatable bonds is 3. The molecule has 5 aromatic rings. The number of carbonyl (C=O) groups excluding carboxylic acids is 1. The van der Waals surface area contributed by atoms with Gasteiger partial charge in [0.15, 0.2) is 5.69 Å². The van der Waals surface area contributed by atoms with E-state index in [0.717, 1.165) is 16.5 Å². The molecule has 3 heterocycles. The minimum atomic E-state index is -0.249. The zero-order valence-corrected chi connectivity index (χ0v) is 15.0. The van der Waals surface area contributed by atoms with Gasteiger partial charge in [0.1, 0.15) is 0 Å². The lowest BCUT2D eigenvalue weighted by Gasteiger charge is -2.03. The van der Waals surface area contributed by atoms with Crippen LogP contribution in [0.2, 0.25) is 0 Å². The molecule has 5 nitrogen and oxygen atoms in total. The molecule has 0 spiro atoms. The molecule has 0 fully saturated rings. The number of pyridine rings is 1. The molecule has 27 heavy (non-hydrogen) atoms. The summed E-state index contributed by atoms with van der Waals surface area (Å²) in [6, 6.07) is 20.0. The summed E-state index contributed by atoms with van der Waals surface area (Å²) >= 11 is 1.74. The monoisotopic (exact) mass is 370 g/mol. The van der Waals surface area contributed by atoms with Crippen molar-refractivity contribution in [3.63, 3.8) is 0 Å². The van der Waals surface area contributed by atoms with E-state index >= 15 is 0 Å². The lowest BCUT2D eigenvalue weighted by Crippen LogP contribution is -2.12. The van der Waals surface area contributed by atoms with Crippen LogP contribution in [-0.4, -0.2) is 21.1 Å². The second kappa shape index (κ2) is 6.34. The Bertz CT molecular complexity index is 1240. The summed E-state index contributed by atoms with van der Waals surface area (Å²) in [7, 11) is 0. The third-order valence-electron chi connectivity index (χ3n) is 4.43. The van der Waals surface area contributed by atoms with Gasteiger partial charge in [0.2, 0.25) is 0 Å². The molecule has 130 valence electrons. The van der Waals surface area contributed by atoms with Crippen LogP contribution in [0.4, 0.5) is 5.69 Å². The molecule has 0 aliphatic carbocycles. The Kier molecular flexibility index (Phi) is 3.69. The number of hydrogen-bond acceptors (Lipinski definition) is 4. The molecule has 0 saturated carbocycles. The van der Waals surface area contributed by atoms with E-state index in [1.165, 1.54) is 15.0 Å². The number of aromatic nitrogens is 3. The topological polar surface area (TPSA) is 70.7 Å². The minimum absolute atomic E-state index is 0.249. The van der Waals surface area contributed by atoms with Crippen LogP contribution in [0.25, 0.3) is 31.4 Å². The maximum Gasteiger partial charge on any atom is 0.276 e. The average molecular weight is 370 g/mol. The highest BCUT2D eigenvalue weighted by molar-refractivity contribution is 7.22. The molecule has 6 heteroatoms. The number of hydrogen-bond donors (Lipinski definition) is 2. The molecule has 1 amide bonds. The van der Waals surface area contributed by atoms with Gasteiger partial charge in [-0.05, 0) is 47.3 Å². The van der Waals surface area contributed by atoms with Gasteiger partial charge in [-0.1, -0.05) is 24.3 Å². The molecule has 2 aromatic carbocycles. The second-order valence-electron chi connectivity index (χ2n) is 6.17. The van der Waals surface area contributed by atoms with Gasteiger partial charge in [0.05, 0.1) is 5.52 Å². The summed E-state index contributed by atoms with van der Waals surface area (Å²) in [5, 5.41) is 12.0. The van der Waals surface area contributed by atoms with Crippen molar-refractivity contribution < 1.29 is 4.79 Å². The Morgan fingerprint density at radius 2 is 1.85 bits per heavy atom. The van der Waals surface area contributed by atoms with Gasteiger partial charge in [-0.3, -0.25) is 14.9 Å². The van der Waals surface area contributed by atoms with Crippen LogP contribution in [-0.2, 0) is 0 Å². The summed E-state index contributed by atoms with van der Waals surface area (Å²) in [6.07, 6.45) is 3.27. The van der Waals surface area contributed by atoms with Crippen LogP contribution in [0, 0.1) is 0 Å². The van der Waals surface area contributed by atoms with Gasteiger partial charge in [-0.15, -0.1) is 11.3 Å². The Labute approximate surface area is 158 Å². The molecule has 0 atom stereocenters. The number of fused-ring (bicyclic) bond motifs is 2. The van der Waals surface area contributed by atoms with Crippen molar-refractivity contribution in [2.45, 2.75) is 0 Å². The van der Waals surface area contributed by atoms with E-state index in [0.29, 0.717) is 11.4 Å². The highest BCUT2D eigenvalue weighted by atomic mass is 32.1. The van der Waals surface area contributed by atoms with E-state index in [1.807, 2.05) is 24.3 Å². The molecule has 0 radical (unpaired) electrons. The first-order valence-corrected chi connectivity index (χ1v) is 9.28. The maximum atomic E-state index is 12.7. The van der Waals surface area contributed by atoms with E-state index in [1.54, 1.807) is 35.9 Å². The number of nitrogens with zero attached hydrogens (tertiary/aromatic N) is 2. The van der Waals surface area contributed by atoms with Crippen molar-refractivity contribution >= 4 is 43.9 Å². The van der Waals surface area contributed by atoms with E-state index < -0.39 is 0 Å². The largest absolute Gasteiger partial charge is 0.320 e. The van der Waals surface area contributed by atoms with E-state index in [-0.39, 0.29) is 5.91 Å². The Balaban J connectivity index is 1.55. The maximum absolute atomic E-state index is 12.7. The van der Waals surface area contributed by atoms with Crippen LogP contribution < -0.4 is 5.32 Å². The third-order valence-corrected chi connectivity index (χ3v) is 5.59. The molecule has 0 aliphatic heterocycles. The van der Waals surface area contributed by atoms with Crippen molar-refractivity contribution in [2.75, 3.05) is 5.32 Å². The summed E-state index contributed by atoms with van der Waals surface area (Å²) < 4.78 is 1.25. The number of carbonyl (C=O) groups is 1. The van der Waals surface area contributed by atoms with Gasteiger partial charge in [-0.25, -0.2) is 0 Å². The summed E-state index contributed by atoms with van der Waals surface area (Å²) in [5.41, 5.74) is 2.97. The number of amides is 1. The fourth-order valence-electron chi connectivity index (χ4n) is 3.09. The Morgan fingerprint density at radius 1 is 1.00 bits per heavy atom. The average Bonchev–Trinajstić information content (AvgIpc) is 3.32. The van der Waals surface area contributed by atoms with E-state index in [9.17, 15) is 4.79 Å². The van der Waals surface area contributed by atoms with Crippen LogP contribution in [0.1, 0.15) is 10.5 Å². The number of anilines is 1. The van der Waals surface area contributed by atoms with Crippen LogP contribution in [0.5, 0.6) is 0 Å². The van der Waals surface area contributed by atoms with E-state index in [4.69, 9.17) is 0 Å². The Morgan fingerprint density at radius 3 is 2.70 bits per heavy atom. The number of benzene rings is 2. The second-order valence-corrected chi connectivity index (χ2v) is 7.25. The highest BCUT2D eigenvalue weighted by Crippen LogP contribution is 2.35. The molecule has 5 rings (SSSR count). The predicted octanol–water partition coefficient (Wildman–Crippen LogP) is 5.09. The minimum Gasteiger partial charge on any atom is -0.320 e. The number of thiophene rings is 1. The predicted molar refractivity (Wildman–Crippen MR) is 109 cm³/mol. The van der Waals surface area contributed by atoms with Crippen molar-refractivity contribution in [3.8, 4) is 10.4 Å². The first-order chi connectivity index (χ1) is 13.3. The van der Waals surface area contributed by atoms with E-state index in [2.05, 4.69) is 44.8 Å². The Hall–Kier alpha value is -3.51.